The Bertz CT molecular complexity index is 1080. The van der Waals surface area contributed by atoms with E-state index in [0.29, 0.717) is 23.2 Å². The van der Waals surface area contributed by atoms with Gasteiger partial charge in [0.25, 0.3) is 0 Å². The molecule has 3 aromatic rings. The lowest BCUT2D eigenvalue weighted by molar-refractivity contribution is -0.113. The second kappa shape index (κ2) is 12.6. The first-order chi connectivity index (χ1) is 16.0. The van der Waals surface area contributed by atoms with Crippen LogP contribution in [0, 0.1) is 11.6 Å². The van der Waals surface area contributed by atoms with Crippen LogP contribution in [-0.4, -0.2) is 26.4 Å². The van der Waals surface area contributed by atoms with Crippen LogP contribution in [0.25, 0.3) is 0 Å². The molecule has 0 aliphatic carbocycles. The quantitative estimate of drug-likeness (QED) is 0.243. The largest absolute Gasteiger partial charge is 0.483 e. The summed E-state index contributed by atoms with van der Waals surface area (Å²) in [4.78, 5) is 12.4. The highest BCUT2D eigenvalue weighted by Crippen LogP contribution is 2.23. The first-order valence-electron chi connectivity index (χ1n) is 10.6. The summed E-state index contributed by atoms with van der Waals surface area (Å²) in [5.74, 6) is -0.500. The Kier molecular flexibility index (Phi) is 9.50. The monoisotopic (exact) mass is 494 g/mol. The zero-order valence-electron chi connectivity index (χ0n) is 18.2. The van der Waals surface area contributed by atoms with Crippen LogP contribution in [0.2, 0.25) is 5.02 Å². The molecule has 0 atom stereocenters. The topological polar surface area (TPSA) is 69.0 Å². The van der Waals surface area contributed by atoms with Crippen LogP contribution in [-0.2, 0) is 17.9 Å². The van der Waals surface area contributed by atoms with E-state index in [2.05, 4.69) is 22.4 Å². The molecule has 0 aliphatic heterocycles. The summed E-state index contributed by atoms with van der Waals surface area (Å²) in [5.41, 5.74) is 0.409. The Hall–Kier alpha value is -2.65. The van der Waals surface area contributed by atoms with Gasteiger partial charge in [-0.25, -0.2) is 8.78 Å². The number of halogens is 3. The van der Waals surface area contributed by atoms with Crippen molar-refractivity contribution in [2.24, 2.45) is 0 Å². The number of benzene rings is 2. The molecule has 0 unspecified atom stereocenters. The van der Waals surface area contributed by atoms with Crippen molar-refractivity contribution in [1.82, 2.24) is 14.8 Å². The molecule has 6 nitrogen and oxygen atoms in total. The second-order valence-electron chi connectivity index (χ2n) is 7.30. The number of ether oxygens (including phenoxy) is 1. The minimum absolute atomic E-state index is 0.0581. The minimum atomic E-state index is -0.551. The van der Waals surface area contributed by atoms with E-state index in [4.69, 9.17) is 16.3 Å². The normalized spacial score (nSPS) is 10.9. The predicted octanol–water partition coefficient (Wildman–Crippen LogP) is 6.10. The Morgan fingerprint density at radius 2 is 1.94 bits per heavy atom. The first kappa shape index (κ1) is 25.0. The zero-order valence-corrected chi connectivity index (χ0v) is 19.8. The summed E-state index contributed by atoms with van der Waals surface area (Å²) in [6.45, 7) is 2.86. The van der Waals surface area contributed by atoms with E-state index in [-0.39, 0.29) is 29.0 Å². The molecule has 2 aromatic carbocycles. The number of para-hydroxylation sites is 1. The molecular weight excluding hydrogens is 470 g/mol. The summed E-state index contributed by atoms with van der Waals surface area (Å²) in [6.07, 6.45) is 4.21. The zero-order chi connectivity index (χ0) is 23.6. The number of nitrogens with one attached hydrogen (secondary N) is 1. The second-order valence-corrected chi connectivity index (χ2v) is 8.65. The molecule has 0 spiro atoms. The van der Waals surface area contributed by atoms with Crippen molar-refractivity contribution < 1.29 is 18.3 Å². The van der Waals surface area contributed by atoms with Gasteiger partial charge in [0.15, 0.2) is 22.5 Å². The van der Waals surface area contributed by atoms with Crippen molar-refractivity contribution in [3.8, 4) is 5.75 Å². The van der Waals surface area contributed by atoms with Crippen LogP contribution >= 0.6 is 23.4 Å². The van der Waals surface area contributed by atoms with Crippen molar-refractivity contribution in [2.75, 3.05) is 11.1 Å². The highest BCUT2D eigenvalue weighted by molar-refractivity contribution is 7.99. The third-order valence-electron chi connectivity index (χ3n) is 4.76. The molecule has 1 amide bonds. The average molecular weight is 495 g/mol. The predicted molar refractivity (Wildman–Crippen MR) is 126 cm³/mol. The number of hydrogen-bond donors (Lipinski definition) is 1. The lowest BCUT2D eigenvalue weighted by Gasteiger charge is -2.11. The maximum absolute atomic E-state index is 13.9. The number of nitrogens with zero attached hydrogens (tertiary/aromatic N) is 3. The molecule has 0 bridgehead atoms. The number of amides is 1. The molecule has 1 N–H and O–H groups in total. The van der Waals surface area contributed by atoms with Crippen LogP contribution in [0.1, 0.15) is 38.4 Å². The van der Waals surface area contributed by atoms with Crippen molar-refractivity contribution in [1.29, 1.82) is 0 Å². The number of thioether (sulfide) groups is 1. The molecule has 1 heterocycles. The fourth-order valence-corrected chi connectivity index (χ4v) is 4.02. The fourth-order valence-electron chi connectivity index (χ4n) is 3.06. The molecule has 10 heteroatoms. The Labute approximate surface area is 200 Å². The number of carbonyl (C=O) groups is 1. The summed E-state index contributed by atoms with van der Waals surface area (Å²) >= 11 is 6.99. The van der Waals surface area contributed by atoms with Gasteiger partial charge in [0, 0.05) is 12.2 Å². The third-order valence-corrected chi connectivity index (χ3v) is 6.01. The SMILES string of the molecule is CCCCCCn1c(COc2ccccc2F)nnc1SCC(=O)Nc1ccc(F)c(Cl)c1. The van der Waals surface area contributed by atoms with Gasteiger partial charge in [-0.05, 0) is 36.8 Å². The van der Waals surface area contributed by atoms with Gasteiger partial charge in [-0.3, -0.25) is 4.79 Å². The van der Waals surface area contributed by atoms with Crippen LogP contribution in [0.15, 0.2) is 47.6 Å². The number of aromatic nitrogens is 3. The van der Waals surface area contributed by atoms with Crippen LogP contribution in [0.3, 0.4) is 0 Å². The lowest BCUT2D eigenvalue weighted by atomic mass is 10.2. The number of rotatable bonds is 12. The smallest absolute Gasteiger partial charge is 0.234 e. The summed E-state index contributed by atoms with van der Waals surface area (Å²) in [6, 6.07) is 10.2. The number of unbranched alkanes of at least 4 members (excludes halogenated alkanes) is 3. The van der Waals surface area contributed by atoms with E-state index < -0.39 is 11.6 Å². The van der Waals surface area contributed by atoms with Gasteiger partial charge >= 0.3 is 0 Å². The van der Waals surface area contributed by atoms with Crippen LogP contribution in [0.4, 0.5) is 14.5 Å². The minimum Gasteiger partial charge on any atom is -0.483 e. The molecule has 33 heavy (non-hydrogen) atoms. The van der Waals surface area contributed by atoms with Gasteiger partial charge in [-0.15, -0.1) is 10.2 Å². The van der Waals surface area contributed by atoms with E-state index in [1.54, 1.807) is 18.2 Å². The van der Waals surface area contributed by atoms with E-state index >= 15 is 0 Å². The summed E-state index contributed by atoms with van der Waals surface area (Å²) in [5, 5.41) is 11.6. The molecule has 3 rings (SSSR count). The highest BCUT2D eigenvalue weighted by Gasteiger charge is 2.16. The molecule has 0 saturated carbocycles. The average Bonchev–Trinajstić information content (AvgIpc) is 3.19. The van der Waals surface area contributed by atoms with Gasteiger partial charge in [-0.1, -0.05) is 61.7 Å². The van der Waals surface area contributed by atoms with Gasteiger partial charge in [0.1, 0.15) is 12.4 Å². The van der Waals surface area contributed by atoms with E-state index in [9.17, 15) is 13.6 Å². The van der Waals surface area contributed by atoms with Gasteiger partial charge in [-0.2, -0.15) is 0 Å². The van der Waals surface area contributed by atoms with Crippen LogP contribution in [0.5, 0.6) is 5.75 Å². The molecule has 1 aromatic heterocycles. The number of anilines is 1. The maximum Gasteiger partial charge on any atom is 0.234 e. The van der Waals surface area contributed by atoms with E-state index in [1.165, 1.54) is 36.0 Å². The molecule has 0 radical (unpaired) electrons. The highest BCUT2D eigenvalue weighted by atomic mass is 35.5. The van der Waals surface area contributed by atoms with Gasteiger partial charge in [0.05, 0.1) is 10.8 Å². The lowest BCUT2D eigenvalue weighted by Crippen LogP contribution is -2.15. The van der Waals surface area contributed by atoms with Gasteiger partial charge < -0.3 is 14.6 Å². The number of carbonyl (C=O) groups excluding carboxylic acids is 1. The number of hydrogen-bond acceptors (Lipinski definition) is 5. The molecule has 0 aliphatic rings. The van der Waals surface area contributed by atoms with Crippen molar-refractivity contribution >= 4 is 35.0 Å². The Morgan fingerprint density at radius 3 is 2.70 bits per heavy atom. The van der Waals surface area contributed by atoms with E-state index in [1.807, 2.05) is 4.57 Å². The van der Waals surface area contributed by atoms with Crippen molar-refractivity contribution in [2.45, 2.75) is 50.9 Å². The third kappa shape index (κ3) is 7.43. The molecule has 0 saturated heterocycles. The van der Waals surface area contributed by atoms with Crippen LogP contribution < -0.4 is 10.1 Å². The van der Waals surface area contributed by atoms with Crippen molar-refractivity contribution in [3.05, 3.63) is 64.9 Å². The maximum atomic E-state index is 13.9. The molecular formula is C23H25ClF2N4O2S. The Balaban J connectivity index is 1.64. The van der Waals surface area contributed by atoms with Crippen molar-refractivity contribution in [3.63, 3.8) is 0 Å². The first-order valence-corrected chi connectivity index (χ1v) is 12.0. The summed E-state index contributed by atoms with van der Waals surface area (Å²) in [7, 11) is 0. The Morgan fingerprint density at radius 1 is 1.12 bits per heavy atom. The fraction of sp³-hybridized carbons (Fsp3) is 0.348. The van der Waals surface area contributed by atoms with E-state index in [0.717, 1.165) is 25.7 Å². The molecule has 176 valence electrons. The summed E-state index contributed by atoms with van der Waals surface area (Å²) < 4.78 is 34.7. The standard InChI is InChI=1S/C23H25ClF2N4O2S/c1-2-3-4-7-12-30-21(14-32-20-9-6-5-8-19(20)26)28-29-23(30)33-15-22(31)27-16-10-11-18(25)17(24)13-16/h5-6,8-11,13H,2-4,7,12,14-15H2,1H3,(H,27,31). The van der Waals surface area contributed by atoms with Gasteiger partial charge in [0.2, 0.25) is 5.91 Å². The molecule has 0 fully saturated rings.